The molecule has 0 aromatic heterocycles. The zero-order valence-corrected chi connectivity index (χ0v) is 8.47. The third kappa shape index (κ3) is 1.37. The molecule has 12 heavy (non-hydrogen) atoms. The van der Waals surface area contributed by atoms with Crippen molar-refractivity contribution in [3.8, 4) is 5.75 Å². The smallest absolute Gasteiger partial charge is 0.154 e. The van der Waals surface area contributed by atoms with Crippen molar-refractivity contribution >= 4 is 22.2 Å². The van der Waals surface area contributed by atoms with Gasteiger partial charge in [0.25, 0.3) is 0 Å². The molecular weight excluding hydrogens is 220 g/mol. The van der Waals surface area contributed by atoms with E-state index in [9.17, 15) is 9.90 Å². The molecule has 0 unspecified atom stereocenters. The van der Waals surface area contributed by atoms with Gasteiger partial charge in [-0.3, -0.25) is 4.79 Å². The molecule has 3 heteroatoms. The van der Waals surface area contributed by atoms with Crippen LogP contribution >= 0.6 is 15.9 Å². The summed E-state index contributed by atoms with van der Waals surface area (Å²) in [6, 6.07) is 1.59. The predicted octanol–water partition coefficient (Wildman–Crippen LogP) is 2.58. The van der Waals surface area contributed by atoms with Crippen molar-refractivity contribution in [2.24, 2.45) is 0 Å². The van der Waals surface area contributed by atoms with Crippen LogP contribution in [-0.4, -0.2) is 11.4 Å². The number of hydrogen-bond acceptors (Lipinski definition) is 2. The summed E-state index contributed by atoms with van der Waals surface area (Å²) in [5, 5.41) is 9.34. The van der Waals surface area contributed by atoms with Gasteiger partial charge < -0.3 is 5.11 Å². The van der Waals surface area contributed by atoms with E-state index in [0.717, 1.165) is 11.1 Å². The Morgan fingerprint density at radius 1 is 1.50 bits per heavy atom. The highest BCUT2D eigenvalue weighted by Gasteiger charge is 2.09. The van der Waals surface area contributed by atoms with Crippen LogP contribution in [0.5, 0.6) is 5.75 Å². The second-order valence-electron chi connectivity index (χ2n) is 2.68. The van der Waals surface area contributed by atoms with E-state index < -0.39 is 0 Å². The normalized spacial score (nSPS) is 9.92. The standard InChI is InChI=1S/C9H9BrO2/c1-5-3-8(12)7(4-11)9(10)6(5)2/h3-4,12H,1-2H3. The Balaban J connectivity index is 3.51. The van der Waals surface area contributed by atoms with Gasteiger partial charge in [0.05, 0.1) is 5.56 Å². The number of rotatable bonds is 1. The van der Waals surface area contributed by atoms with Gasteiger partial charge in [0.1, 0.15) is 5.75 Å². The Morgan fingerprint density at radius 2 is 2.08 bits per heavy atom. The molecule has 0 atom stereocenters. The molecule has 0 aliphatic rings. The molecule has 0 amide bonds. The van der Waals surface area contributed by atoms with Crippen LogP contribution in [0.4, 0.5) is 0 Å². The van der Waals surface area contributed by atoms with Crippen molar-refractivity contribution in [1.29, 1.82) is 0 Å². The Bertz CT molecular complexity index is 332. The summed E-state index contributed by atoms with van der Waals surface area (Å²) >= 11 is 3.25. The molecule has 1 aromatic rings. The molecule has 0 saturated heterocycles. The fourth-order valence-electron chi connectivity index (χ4n) is 0.991. The molecule has 0 aliphatic carbocycles. The number of aryl methyl sites for hydroxylation is 1. The molecule has 64 valence electrons. The number of benzene rings is 1. The van der Waals surface area contributed by atoms with Gasteiger partial charge in [0, 0.05) is 4.47 Å². The first kappa shape index (κ1) is 9.26. The van der Waals surface area contributed by atoms with Crippen LogP contribution in [0.25, 0.3) is 0 Å². The van der Waals surface area contributed by atoms with Gasteiger partial charge in [0.2, 0.25) is 0 Å². The van der Waals surface area contributed by atoms with Crippen molar-refractivity contribution in [2.45, 2.75) is 13.8 Å². The molecule has 0 radical (unpaired) electrons. The lowest BCUT2D eigenvalue weighted by molar-refractivity contribution is 0.112. The van der Waals surface area contributed by atoms with Crippen LogP contribution in [0.2, 0.25) is 0 Å². The molecule has 0 fully saturated rings. The quantitative estimate of drug-likeness (QED) is 0.751. The van der Waals surface area contributed by atoms with Crippen LogP contribution in [0.3, 0.4) is 0 Å². The zero-order valence-electron chi connectivity index (χ0n) is 6.89. The van der Waals surface area contributed by atoms with E-state index in [4.69, 9.17) is 0 Å². The van der Waals surface area contributed by atoms with E-state index in [1.807, 2.05) is 13.8 Å². The van der Waals surface area contributed by atoms with Gasteiger partial charge >= 0.3 is 0 Å². The molecule has 0 saturated carbocycles. The maximum Gasteiger partial charge on any atom is 0.154 e. The van der Waals surface area contributed by atoms with Crippen molar-refractivity contribution in [3.63, 3.8) is 0 Å². The Hall–Kier alpha value is -0.830. The molecule has 1 rings (SSSR count). The Kier molecular flexibility index (Phi) is 2.52. The number of phenols is 1. The van der Waals surface area contributed by atoms with E-state index in [-0.39, 0.29) is 5.75 Å². The van der Waals surface area contributed by atoms with E-state index >= 15 is 0 Å². The largest absolute Gasteiger partial charge is 0.507 e. The van der Waals surface area contributed by atoms with Crippen LogP contribution in [-0.2, 0) is 0 Å². The molecule has 0 heterocycles. The minimum Gasteiger partial charge on any atom is -0.507 e. The maximum absolute atomic E-state index is 10.5. The third-order valence-electron chi connectivity index (χ3n) is 1.90. The van der Waals surface area contributed by atoms with Crippen molar-refractivity contribution in [2.75, 3.05) is 0 Å². The molecule has 1 N–H and O–H groups in total. The van der Waals surface area contributed by atoms with Crippen molar-refractivity contribution in [3.05, 3.63) is 27.2 Å². The van der Waals surface area contributed by atoms with Gasteiger partial charge in [-0.25, -0.2) is 0 Å². The summed E-state index contributed by atoms with van der Waals surface area (Å²) < 4.78 is 0.676. The lowest BCUT2D eigenvalue weighted by atomic mass is 10.1. The first-order valence-corrected chi connectivity index (χ1v) is 4.31. The van der Waals surface area contributed by atoms with Crippen LogP contribution < -0.4 is 0 Å². The highest BCUT2D eigenvalue weighted by Crippen LogP contribution is 2.30. The summed E-state index contributed by atoms with van der Waals surface area (Å²) in [4.78, 5) is 10.5. The number of aromatic hydroxyl groups is 1. The lowest BCUT2D eigenvalue weighted by Gasteiger charge is -2.07. The summed E-state index contributed by atoms with van der Waals surface area (Å²) in [5.74, 6) is 0.0278. The Morgan fingerprint density at radius 3 is 2.58 bits per heavy atom. The molecule has 0 aliphatic heterocycles. The summed E-state index contributed by atoms with van der Waals surface area (Å²) in [7, 11) is 0. The zero-order chi connectivity index (χ0) is 9.30. The summed E-state index contributed by atoms with van der Waals surface area (Å²) in [6.07, 6.45) is 0.645. The fraction of sp³-hybridized carbons (Fsp3) is 0.222. The average Bonchev–Trinajstić information content (AvgIpc) is 2.01. The number of carbonyl (C=O) groups excluding carboxylic acids is 1. The van der Waals surface area contributed by atoms with Crippen LogP contribution in [0.1, 0.15) is 21.5 Å². The third-order valence-corrected chi connectivity index (χ3v) is 2.93. The summed E-state index contributed by atoms with van der Waals surface area (Å²) in [6.45, 7) is 3.78. The maximum atomic E-state index is 10.5. The minimum absolute atomic E-state index is 0.0278. The number of halogens is 1. The Labute approximate surface area is 79.3 Å². The average molecular weight is 229 g/mol. The molecule has 2 nitrogen and oxygen atoms in total. The van der Waals surface area contributed by atoms with Gasteiger partial charge in [0.15, 0.2) is 6.29 Å². The first-order valence-electron chi connectivity index (χ1n) is 3.51. The molecule has 1 aromatic carbocycles. The summed E-state index contributed by atoms with van der Waals surface area (Å²) in [5.41, 5.74) is 2.26. The van der Waals surface area contributed by atoms with E-state index in [1.54, 1.807) is 6.07 Å². The number of phenolic OH excluding ortho intramolecular Hbond substituents is 1. The van der Waals surface area contributed by atoms with Crippen molar-refractivity contribution < 1.29 is 9.90 Å². The van der Waals surface area contributed by atoms with E-state index in [1.165, 1.54) is 0 Å². The fourth-order valence-corrected chi connectivity index (χ4v) is 1.60. The van der Waals surface area contributed by atoms with Crippen LogP contribution in [0, 0.1) is 13.8 Å². The van der Waals surface area contributed by atoms with E-state index in [2.05, 4.69) is 15.9 Å². The molecule has 0 bridgehead atoms. The topological polar surface area (TPSA) is 37.3 Å². The first-order chi connectivity index (χ1) is 5.57. The van der Waals surface area contributed by atoms with Crippen molar-refractivity contribution in [1.82, 2.24) is 0 Å². The number of carbonyl (C=O) groups is 1. The van der Waals surface area contributed by atoms with Gasteiger partial charge in [-0.05, 0) is 47.0 Å². The highest BCUT2D eigenvalue weighted by atomic mass is 79.9. The minimum atomic E-state index is 0.0278. The monoisotopic (exact) mass is 228 g/mol. The predicted molar refractivity (Wildman–Crippen MR) is 50.7 cm³/mol. The van der Waals surface area contributed by atoms with E-state index in [0.29, 0.717) is 16.3 Å². The lowest BCUT2D eigenvalue weighted by Crippen LogP contribution is -1.90. The highest BCUT2D eigenvalue weighted by molar-refractivity contribution is 9.10. The van der Waals surface area contributed by atoms with Crippen LogP contribution in [0.15, 0.2) is 10.5 Å². The molecule has 0 spiro atoms. The van der Waals surface area contributed by atoms with Gasteiger partial charge in [-0.1, -0.05) is 0 Å². The second kappa shape index (κ2) is 3.27. The number of aldehydes is 1. The van der Waals surface area contributed by atoms with Gasteiger partial charge in [-0.15, -0.1) is 0 Å². The number of hydrogen-bond donors (Lipinski definition) is 1. The van der Waals surface area contributed by atoms with Gasteiger partial charge in [-0.2, -0.15) is 0 Å². The molecular formula is C9H9BrO2. The second-order valence-corrected chi connectivity index (χ2v) is 3.48. The SMILES string of the molecule is Cc1cc(O)c(C=O)c(Br)c1C.